The fourth-order valence-electron chi connectivity index (χ4n) is 5.79. The van der Waals surface area contributed by atoms with Gasteiger partial charge in [0.2, 0.25) is 5.91 Å². The molecule has 5 rings (SSSR count). The molecule has 3 aromatic carbocycles. The van der Waals surface area contributed by atoms with Gasteiger partial charge in [-0.1, -0.05) is 72.8 Å². The molecule has 0 radical (unpaired) electrons. The van der Waals surface area contributed by atoms with Crippen molar-refractivity contribution in [3.8, 4) is 0 Å². The first-order valence-corrected chi connectivity index (χ1v) is 12.5. The molecule has 0 bridgehead atoms. The van der Waals surface area contributed by atoms with E-state index in [1.165, 1.54) is 0 Å². The molecule has 3 aromatic rings. The van der Waals surface area contributed by atoms with Gasteiger partial charge in [0.15, 0.2) is 0 Å². The molecule has 184 valence electrons. The summed E-state index contributed by atoms with van der Waals surface area (Å²) in [6, 6.07) is 26.0. The molecule has 0 saturated carbocycles. The number of piperidine rings is 1. The van der Waals surface area contributed by atoms with Gasteiger partial charge in [-0.15, -0.1) is 0 Å². The van der Waals surface area contributed by atoms with Crippen molar-refractivity contribution in [2.24, 2.45) is 0 Å². The Labute approximate surface area is 211 Å². The molecule has 6 nitrogen and oxygen atoms in total. The number of fused-ring (bicyclic) bond motifs is 1. The zero-order valence-corrected chi connectivity index (χ0v) is 20.1. The van der Waals surface area contributed by atoms with Crippen molar-refractivity contribution in [1.29, 1.82) is 0 Å². The molecule has 6 heteroatoms. The summed E-state index contributed by atoms with van der Waals surface area (Å²) < 4.78 is 0. The molecule has 1 aliphatic carbocycles. The smallest absolute Gasteiger partial charge is 0.318 e. The van der Waals surface area contributed by atoms with Crippen molar-refractivity contribution in [2.45, 2.75) is 43.1 Å². The predicted octanol–water partition coefficient (Wildman–Crippen LogP) is 4.36. The molecule has 0 unspecified atom stereocenters. The number of benzene rings is 3. The Kier molecular flexibility index (Phi) is 6.59. The molecule has 2 N–H and O–H groups in total. The van der Waals surface area contributed by atoms with Gasteiger partial charge in [-0.05, 0) is 54.5 Å². The Morgan fingerprint density at radius 1 is 0.806 bits per heavy atom. The number of amides is 2. The third-order valence-electron chi connectivity index (χ3n) is 7.71. The zero-order chi connectivity index (χ0) is 25.1. The summed E-state index contributed by atoms with van der Waals surface area (Å²) in [5.41, 5.74) is 1.72. The van der Waals surface area contributed by atoms with Crippen LogP contribution in [0, 0.1) is 0 Å². The highest BCUT2D eigenvalue weighted by molar-refractivity contribution is 5.94. The Hall–Kier alpha value is -3.93. The highest BCUT2D eigenvalue weighted by Crippen LogP contribution is 2.47. The molecule has 2 amide bonds. The monoisotopic (exact) mass is 482 g/mol. The van der Waals surface area contributed by atoms with E-state index in [1.807, 2.05) is 77.7 Å². The molecule has 0 aromatic heterocycles. The fraction of sp³-hybridized carbons (Fsp3) is 0.300. The lowest BCUT2D eigenvalue weighted by molar-refractivity contribution is -0.144. The molecule has 1 heterocycles. The predicted molar refractivity (Wildman–Crippen MR) is 137 cm³/mol. The largest absolute Gasteiger partial charge is 0.480 e. The zero-order valence-electron chi connectivity index (χ0n) is 20.1. The number of likely N-dealkylation sites (tertiary alicyclic amines) is 1. The Bertz CT molecular complexity index is 1250. The minimum absolute atomic E-state index is 0.0261. The van der Waals surface area contributed by atoms with E-state index in [2.05, 4.69) is 5.32 Å². The summed E-state index contributed by atoms with van der Waals surface area (Å²) >= 11 is 0. The van der Waals surface area contributed by atoms with Gasteiger partial charge in [0, 0.05) is 24.7 Å². The molecule has 1 aliphatic heterocycles. The first-order chi connectivity index (χ1) is 17.5. The van der Waals surface area contributed by atoms with Gasteiger partial charge in [0.1, 0.15) is 5.41 Å². The van der Waals surface area contributed by atoms with Crippen molar-refractivity contribution in [1.82, 2.24) is 10.2 Å². The summed E-state index contributed by atoms with van der Waals surface area (Å²) in [6.07, 6.45) is 2.23. The van der Waals surface area contributed by atoms with Crippen LogP contribution in [-0.2, 0) is 15.0 Å². The number of nitrogens with zero attached hydrogens (tertiary/aromatic N) is 1. The number of aliphatic carboxylic acids is 1. The van der Waals surface area contributed by atoms with Crippen molar-refractivity contribution in [2.75, 3.05) is 13.1 Å². The number of carbonyl (C=O) groups excluding carboxylic acids is 2. The standard InChI is InChI=1S/C30H30N2O4/c33-27(21-9-3-1-4-10-21)31-23-16-19-32(20-17-23)28(34)25-15-18-30(29(35)36,22-11-5-2-6-12-22)26-14-8-7-13-24(25)26/h1-14,23,25H,15-20H2,(H,31,33)(H,35,36)/t25-,30+/m0/s1. The lowest BCUT2D eigenvalue weighted by Gasteiger charge is -2.41. The molecular formula is C30H30N2O4. The molecule has 1 fully saturated rings. The number of carboxylic acids is 1. The number of hydrogen-bond donors (Lipinski definition) is 2. The summed E-state index contributed by atoms with van der Waals surface area (Å²) in [5, 5.41) is 13.5. The van der Waals surface area contributed by atoms with E-state index in [9.17, 15) is 19.5 Å². The maximum absolute atomic E-state index is 13.7. The normalized spacial score (nSPS) is 21.9. The average Bonchev–Trinajstić information content (AvgIpc) is 2.93. The van der Waals surface area contributed by atoms with Gasteiger partial charge in [0.05, 0.1) is 5.92 Å². The molecule has 36 heavy (non-hydrogen) atoms. The van der Waals surface area contributed by atoms with Gasteiger partial charge in [-0.25, -0.2) is 0 Å². The quantitative estimate of drug-likeness (QED) is 0.566. The van der Waals surface area contributed by atoms with E-state index in [4.69, 9.17) is 0 Å². The molecule has 2 atom stereocenters. The van der Waals surface area contributed by atoms with E-state index in [0.717, 1.165) is 11.1 Å². The minimum Gasteiger partial charge on any atom is -0.480 e. The maximum Gasteiger partial charge on any atom is 0.318 e. The second kappa shape index (κ2) is 9.97. The minimum atomic E-state index is -1.16. The second-order valence-electron chi connectivity index (χ2n) is 9.69. The number of nitrogens with one attached hydrogen (secondary N) is 1. The highest BCUT2D eigenvalue weighted by atomic mass is 16.4. The van der Waals surface area contributed by atoms with E-state index in [1.54, 1.807) is 12.1 Å². The summed E-state index contributed by atoms with van der Waals surface area (Å²) in [5.74, 6) is -1.30. The van der Waals surface area contributed by atoms with Crippen LogP contribution in [0.4, 0.5) is 0 Å². The summed E-state index contributed by atoms with van der Waals surface area (Å²) in [6.45, 7) is 1.14. The third kappa shape index (κ3) is 4.28. The fourth-order valence-corrected chi connectivity index (χ4v) is 5.79. The lowest BCUT2D eigenvalue weighted by Crippen LogP contribution is -2.49. The van der Waals surface area contributed by atoms with Crippen molar-refractivity contribution >= 4 is 17.8 Å². The number of carbonyl (C=O) groups is 3. The van der Waals surface area contributed by atoms with Crippen LogP contribution in [0.2, 0.25) is 0 Å². The number of hydrogen-bond acceptors (Lipinski definition) is 3. The molecule has 1 saturated heterocycles. The number of rotatable bonds is 5. The SMILES string of the molecule is O=C(NC1CCN(C(=O)[C@H]2CC[C@@](C(=O)O)(c3ccccc3)c3ccccc32)CC1)c1ccccc1. The van der Waals surface area contributed by atoms with E-state index < -0.39 is 11.4 Å². The van der Waals surface area contributed by atoms with Crippen LogP contribution in [0.5, 0.6) is 0 Å². The average molecular weight is 483 g/mol. The van der Waals surface area contributed by atoms with Crippen LogP contribution in [0.3, 0.4) is 0 Å². The Balaban J connectivity index is 1.32. The van der Waals surface area contributed by atoms with Gasteiger partial charge < -0.3 is 15.3 Å². The molecule has 0 spiro atoms. The van der Waals surface area contributed by atoms with Crippen molar-refractivity contribution in [3.05, 3.63) is 107 Å². The lowest BCUT2D eigenvalue weighted by atomic mass is 9.63. The first-order valence-electron chi connectivity index (χ1n) is 12.5. The molecular weight excluding hydrogens is 452 g/mol. The van der Waals surface area contributed by atoms with Crippen LogP contribution >= 0.6 is 0 Å². The van der Waals surface area contributed by atoms with E-state index in [-0.39, 0.29) is 23.8 Å². The van der Waals surface area contributed by atoms with Gasteiger partial charge in [-0.2, -0.15) is 0 Å². The maximum atomic E-state index is 13.7. The van der Waals surface area contributed by atoms with Crippen LogP contribution in [0.1, 0.15) is 58.6 Å². The third-order valence-corrected chi connectivity index (χ3v) is 7.71. The van der Waals surface area contributed by atoms with Crippen LogP contribution in [0.15, 0.2) is 84.9 Å². The van der Waals surface area contributed by atoms with Gasteiger partial charge in [-0.3, -0.25) is 14.4 Å². The topological polar surface area (TPSA) is 86.7 Å². The summed E-state index contributed by atoms with van der Waals surface area (Å²) in [7, 11) is 0. The van der Waals surface area contributed by atoms with Gasteiger partial charge in [0.25, 0.3) is 5.91 Å². The summed E-state index contributed by atoms with van der Waals surface area (Å²) in [4.78, 5) is 40.8. The van der Waals surface area contributed by atoms with Crippen LogP contribution in [0.25, 0.3) is 0 Å². The Morgan fingerprint density at radius 2 is 1.42 bits per heavy atom. The van der Waals surface area contributed by atoms with Crippen LogP contribution < -0.4 is 5.32 Å². The molecule has 2 aliphatic rings. The van der Waals surface area contributed by atoms with Crippen molar-refractivity contribution in [3.63, 3.8) is 0 Å². The van der Waals surface area contributed by atoms with Gasteiger partial charge >= 0.3 is 5.97 Å². The first kappa shape index (κ1) is 23.8. The van der Waals surface area contributed by atoms with E-state index >= 15 is 0 Å². The number of carboxylic acid groups (broad SMARTS) is 1. The highest BCUT2D eigenvalue weighted by Gasteiger charge is 2.49. The van der Waals surface area contributed by atoms with E-state index in [0.29, 0.717) is 49.9 Å². The van der Waals surface area contributed by atoms with Crippen molar-refractivity contribution < 1.29 is 19.5 Å². The van der Waals surface area contributed by atoms with Crippen LogP contribution in [-0.4, -0.2) is 46.9 Å². The Morgan fingerprint density at radius 3 is 2.08 bits per heavy atom. The second-order valence-corrected chi connectivity index (χ2v) is 9.69.